The number of halogens is 3. The van der Waals surface area contributed by atoms with Gasteiger partial charge >= 0.3 is 18.1 Å². The van der Waals surface area contributed by atoms with E-state index < -0.39 is 28.1 Å². The standard InChI is InChI=1S/C21H27N3O4S2.C2HF3O2/c25-21(26)18-15-16(22-30(27,28)20-5-4-14-29-20)6-7-19(18)24-12-8-17(9-13-24)23-10-2-1-3-11-23;3-2(4,5)1(6)7/h4-7,14-15,17,22H,1-3,8-13H2,(H,25,26);(H,6,7). The Morgan fingerprint density at radius 3 is 2.14 bits per heavy atom. The van der Waals surface area contributed by atoms with E-state index in [0.717, 1.165) is 37.3 Å². The molecule has 37 heavy (non-hydrogen) atoms. The van der Waals surface area contributed by atoms with Gasteiger partial charge in [-0.2, -0.15) is 13.2 Å². The van der Waals surface area contributed by atoms with Gasteiger partial charge in [0.15, 0.2) is 0 Å². The Hall–Kier alpha value is -2.84. The summed E-state index contributed by atoms with van der Waals surface area (Å²) in [7, 11) is -3.71. The molecule has 3 N–H and O–H groups in total. The zero-order chi connectivity index (χ0) is 27.2. The average Bonchev–Trinajstić information content (AvgIpc) is 3.41. The van der Waals surface area contributed by atoms with E-state index in [4.69, 9.17) is 9.90 Å². The van der Waals surface area contributed by atoms with Crippen molar-refractivity contribution in [2.45, 2.75) is 48.5 Å². The molecular weight excluding hydrogens is 535 g/mol. The van der Waals surface area contributed by atoms with Gasteiger partial charge in [-0.25, -0.2) is 18.0 Å². The molecule has 2 aliphatic heterocycles. The first-order valence-corrected chi connectivity index (χ1v) is 14.0. The van der Waals surface area contributed by atoms with E-state index in [1.807, 2.05) is 0 Å². The topological polar surface area (TPSA) is 127 Å². The predicted molar refractivity (Wildman–Crippen MR) is 133 cm³/mol. The van der Waals surface area contributed by atoms with E-state index in [2.05, 4.69) is 14.5 Å². The Kier molecular flexibility index (Phi) is 9.42. The molecule has 3 heterocycles. The van der Waals surface area contributed by atoms with Crippen LogP contribution in [-0.2, 0) is 14.8 Å². The van der Waals surface area contributed by atoms with Crippen LogP contribution in [0.3, 0.4) is 0 Å². The van der Waals surface area contributed by atoms with Crippen LogP contribution in [-0.4, -0.2) is 73.9 Å². The number of sulfonamides is 1. The fraction of sp³-hybridized carbons (Fsp3) is 0.478. The Bertz CT molecular complexity index is 1170. The zero-order valence-electron chi connectivity index (χ0n) is 19.8. The molecule has 0 spiro atoms. The number of aliphatic carboxylic acids is 1. The molecule has 2 aromatic rings. The molecule has 4 rings (SSSR count). The van der Waals surface area contributed by atoms with Crippen molar-refractivity contribution < 1.29 is 41.4 Å². The Balaban J connectivity index is 0.000000479. The highest BCUT2D eigenvalue weighted by Gasteiger charge is 2.38. The molecule has 0 saturated carbocycles. The van der Waals surface area contributed by atoms with Crippen molar-refractivity contribution in [1.82, 2.24) is 4.90 Å². The number of benzene rings is 1. The van der Waals surface area contributed by atoms with Gasteiger partial charge in [-0.15, -0.1) is 11.3 Å². The van der Waals surface area contributed by atoms with Crippen LogP contribution >= 0.6 is 11.3 Å². The van der Waals surface area contributed by atoms with Crippen LogP contribution in [0, 0.1) is 0 Å². The predicted octanol–water partition coefficient (Wildman–Crippen LogP) is 4.34. The summed E-state index contributed by atoms with van der Waals surface area (Å²) in [5.74, 6) is -3.81. The summed E-state index contributed by atoms with van der Waals surface area (Å²) in [6.07, 6.45) is 0.815. The highest BCUT2D eigenvalue weighted by atomic mass is 32.2. The maximum atomic E-state index is 12.5. The van der Waals surface area contributed by atoms with Crippen LogP contribution in [0.4, 0.5) is 24.5 Å². The molecule has 0 bridgehead atoms. The second kappa shape index (κ2) is 12.1. The molecule has 0 aliphatic carbocycles. The van der Waals surface area contributed by atoms with Crippen LogP contribution in [0.15, 0.2) is 39.9 Å². The summed E-state index contributed by atoms with van der Waals surface area (Å²) < 4.78 is 59.3. The second-order valence-electron chi connectivity index (χ2n) is 8.69. The van der Waals surface area contributed by atoms with Gasteiger partial charge in [-0.3, -0.25) is 4.72 Å². The van der Waals surface area contributed by atoms with E-state index in [0.29, 0.717) is 11.7 Å². The Morgan fingerprint density at radius 2 is 1.62 bits per heavy atom. The molecule has 0 amide bonds. The normalized spacial score (nSPS) is 17.5. The molecule has 0 unspecified atom stereocenters. The fourth-order valence-electron chi connectivity index (χ4n) is 4.42. The monoisotopic (exact) mass is 563 g/mol. The number of alkyl halides is 3. The lowest BCUT2D eigenvalue weighted by Gasteiger charge is -2.41. The van der Waals surface area contributed by atoms with E-state index in [9.17, 15) is 31.5 Å². The van der Waals surface area contributed by atoms with Gasteiger partial charge in [0.2, 0.25) is 0 Å². The quantitative estimate of drug-likeness (QED) is 0.474. The number of anilines is 2. The smallest absolute Gasteiger partial charge is 0.478 e. The number of nitrogens with one attached hydrogen (secondary N) is 1. The summed E-state index contributed by atoms with van der Waals surface area (Å²) in [5, 5.41) is 18.6. The number of rotatable bonds is 6. The van der Waals surface area contributed by atoms with Crippen molar-refractivity contribution in [2.75, 3.05) is 35.8 Å². The number of thiophene rings is 1. The minimum atomic E-state index is -5.08. The maximum Gasteiger partial charge on any atom is 0.490 e. The third-order valence-electron chi connectivity index (χ3n) is 6.19. The van der Waals surface area contributed by atoms with E-state index >= 15 is 0 Å². The molecule has 14 heteroatoms. The number of aromatic carboxylic acids is 1. The molecule has 2 saturated heterocycles. The van der Waals surface area contributed by atoms with Gasteiger partial charge in [0, 0.05) is 24.8 Å². The summed E-state index contributed by atoms with van der Waals surface area (Å²) in [5.41, 5.74) is 1.03. The minimum Gasteiger partial charge on any atom is -0.478 e. The van der Waals surface area contributed by atoms with Gasteiger partial charge in [0.05, 0.1) is 11.3 Å². The lowest BCUT2D eigenvalue weighted by molar-refractivity contribution is -0.192. The second-order valence-corrected chi connectivity index (χ2v) is 11.5. The third kappa shape index (κ3) is 7.82. The zero-order valence-corrected chi connectivity index (χ0v) is 21.4. The highest BCUT2D eigenvalue weighted by Crippen LogP contribution is 2.30. The van der Waals surface area contributed by atoms with Crippen molar-refractivity contribution >= 4 is 44.7 Å². The SMILES string of the molecule is O=C(O)C(F)(F)F.O=C(O)c1cc(NS(=O)(=O)c2cccs2)ccc1N1CCC(N2CCCCC2)CC1. The lowest BCUT2D eigenvalue weighted by Crippen LogP contribution is -2.47. The van der Waals surface area contributed by atoms with Crippen LogP contribution in [0.2, 0.25) is 0 Å². The van der Waals surface area contributed by atoms with Crippen LogP contribution in [0.5, 0.6) is 0 Å². The number of piperidine rings is 2. The van der Waals surface area contributed by atoms with Crippen molar-refractivity contribution in [3.8, 4) is 0 Å². The van der Waals surface area contributed by atoms with Gasteiger partial charge in [-0.05, 0) is 68.4 Å². The average molecular weight is 564 g/mol. The van der Waals surface area contributed by atoms with Gasteiger partial charge < -0.3 is 20.0 Å². The summed E-state index contributed by atoms with van der Waals surface area (Å²) >= 11 is 1.12. The number of hydrogen-bond acceptors (Lipinski definition) is 7. The first kappa shape index (κ1) is 28.7. The first-order valence-electron chi connectivity index (χ1n) is 11.6. The number of likely N-dealkylation sites (tertiary alicyclic amines) is 1. The largest absolute Gasteiger partial charge is 0.490 e. The van der Waals surface area contributed by atoms with Crippen molar-refractivity contribution in [2.24, 2.45) is 0 Å². The highest BCUT2D eigenvalue weighted by molar-refractivity contribution is 7.94. The Labute approximate surface area is 216 Å². The summed E-state index contributed by atoms with van der Waals surface area (Å²) in [6.45, 7) is 3.96. The van der Waals surface area contributed by atoms with Crippen molar-refractivity contribution in [3.63, 3.8) is 0 Å². The van der Waals surface area contributed by atoms with Crippen LogP contribution < -0.4 is 9.62 Å². The van der Waals surface area contributed by atoms with E-state index in [1.165, 1.54) is 44.5 Å². The first-order chi connectivity index (χ1) is 17.4. The molecule has 9 nitrogen and oxygen atoms in total. The molecular formula is C23H28F3N3O6S2. The molecule has 204 valence electrons. The Morgan fingerprint density at radius 1 is 1.00 bits per heavy atom. The van der Waals surface area contributed by atoms with Gasteiger partial charge in [0.1, 0.15) is 4.21 Å². The molecule has 1 aromatic heterocycles. The molecule has 1 aromatic carbocycles. The number of nitrogens with zero attached hydrogens (tertiary/aromatic N) is 2. The fourth-order valence-corrected chi connectivity index (χ4v) is 6.47. The van der Waals surface area contributed by atoms with E-state index in [1.54, 1.807) is 23.6 Å². The number of carboxylic acids is 2. The number of carbonyl (C=O) groups is 2. The number of carboxylic acid groups (broad SMARTS) is 2. The molecule has 2 fully saturated rings. The maximum absolute atomic E-state index is 12.5. The lowest BCUT2D eigenvalue weighted by atomic mass is 9.98. The molecule has 2 aliphatic rings. The molecule has 0 atom stereocenters. The number of hydrogen-bond donors (Lipinski definition) is 3. The molecule has 0 radical (unpaired) electrons. The van der Waals surface area contributed by atoms with Gasteiger partial charge in [-0.1, -0.05) is 12.5 Å². The van der Waals surface area contributed by atoms with Crippen LogP contribution in [0.1, 0.15) is 42.5 Å². The minimum absolute atomic E-state index is 0.123. The van der Waals surface area contributed by atoms with Gasteiger partial charge in [0.25, 0.3) is 10.0 Å². The third-order valence-corrected chi connectivity index (χ3v) is 8.97. The van der Waals surface area contributed by atoms with Crippen molar-refractivity contribution in [1.29, 1.82) is 0 Å². The summed E-state index contributed by atoms with van der Waals surface area (Å²) in [4.78, 5) is 25.5. The van der Waals surface area contributed by atoms with Crippen molar-refractivity contribution in [3.05, 3.63) is 41.3 Å². The summed E-state index contributed by atoms with van der Waals surface area (Å²) in [6, 6.07) is 8.54. The van der Waals surface area contributed by atoms with Crippen LogP contribution in [0.25, 0.3) is 0 Å². The van der Waals surface area contributed by atoms with E-state index in [-0.39, 0.29) is 15.5 Å².